The molecule has 2 aromatic heterocycles. The molecule has 2 aromatic rings. The SMILES string of the molecule is CS(=O)(=O)n1ccc2ncccc21. The van der Waals surface area contributed by atoms with E-state index in [4.69, 9.17) is 0 Å². The van der Waals surface area contributed by atoms with Crippen molar-refractivity contribution in [3.63, 3.8) is 0 Å². The minimum Gasteiger partial charge on any atom is -0.255 e. The molecular formula is C8H8N2O2S. The predicted molar refractivity (Wildman–Crippen MR) is 50.0 cm³/mol. The highest BCUT2D eigenvalue weighted by Crippen LogP contribution is 2.13. The van der Waals surface area contributed by atoms with E-state index >= 15 is 0 Å². The smallest absolute Gasteiger partial charge is 0.236 e. The van der Waals surface area contributed by atoms with Crippen molar-refractivity contribution in [1.29, 1.82) is 0 Å². The molecule has 4 nitrogen and oxygen atoms in total. The predicted octanol–water partition coefficient (Wildman–Crippen LogP) is 0.844. The molecule has 0 radical (unpaired) electrons. The Bertz CT molecular complexity index is 542. The number of nitrogens with zero attached hydrogens (tertiary/aromatic N) is 2. The fourth-order valence-electron chi connectivity index (χ4n) is 1.23. The number of aromatic nitrogens is 2. The third-order valence-electron chi connectivity index (χ3n) is 1.78. The van der Waals surface area contributed by atoms with Gasteiger partial charge in [-0.3, -0.25) is 4.98 Å². The molecule has 0 fully saturated rings. The van der Waals surface area contributed by atoms with E-state index in [0.717, 1.165) is 0 Å². The van der Waals surface area contributed by atoms with E-state index in [1.165, 1.54) is 16.4 Å². The molecule has 0 N–H and O–H groups in total. The lowest BCUT2D eigenvalue weighted by molar-refractivity contribution is 0.595. The summed E-state index contributed by atoms with van der Waals surface area (Å²) in [6.07, 6.45) is 4.31. The molecule has 0 aliphatic carbocycles. The maximum absolute atomic E-state index is 11.2. The van der Waals surface area contributed by atoms with E-state index in [9.17, 15) is 8.42 Å². The van der Waals surface area contributed by atoms with Crippen LogP contribution in [0.25, 0.3) is 11.0 Å². The van der Waals surface area contributed by atoms with Gasteiger partial charge in [0.05, 0.1) is 17.3 Å². The Balaban J connectivity index is 2.87. The molecule has 2 rings (SSSR count). The Hall–Kier alpha value is -1.36. The molecule has 5 heteroatoms. The van der Waals surface area contributed by atoms with Crippen LogP contribution >= 0.6 is 0 Å². The van der Waals surface area contributed by atoms with Gasteiger partial charge in [-0.05, 0) is 18.2 Å². The van der Waals surface area contributed by atoms with E-state index < -0.39 is 10.0 Å². The number of fused-ring (bicyclic) bond motifs is 1. The van der Waals surface area contributed by atoms with Crippen molar-refractivity contribution in [2.45, 2.75) is 0 Å². The number of hydrogen-bond donors (Lipinski definition) is 0. The molecule has 68 valence electrons. The summed E-state index contributed by atoms with van der Waals surface area (Å²) in [7, 11) is -3.21. The van der Waals surface area contributed by atoms with Crippen LogP contribution < -0.4 is 0 Å². The van der Waals surface area contributed by atoms with Gasteiger partial charge in [0.25, 0.3) is 0 Å². The molecule has 0 atom stereocenters. The van der Waals surface area contributed by atoms with Crippen LogP contribution in [0.5, 0.6) is 0 Å². The highest BCUT2D eigenvalue weighted by Gasteiger charge is 2.08. The summed E-state index contributed by atoms with van der Waals surface area (Å²) in [5.41, 5.74) is 1.30. The number of pyridine rings is 1. The largest absolute Gasteiger partial charge is 0.255 e. The normalized spacial score (nSPS) is 12.1. The second-order valence-corrected chi connectivity index (χ2v) is 4.64. The summed E-state index contributed by atoms with van der Waals surface area (Å²) in [6, 6.07) is 5.11. The van der Waals surface area contributed by atoms with Crippen molar-refractivity contribution < 1.29 is 8.42 Å². The molecule has 0 saturated carbocycles. The van der Waals surface area contributed by atoms with Crippen molar-refractivity contribution in [2.75, 3.05) is 6.26 Å². The molecule has 0 amide bonds. The van der Waals surface area contributed by atoms with Gasteiger partial charge in [-0.15, -0.1) is 0 Å². The van der Waals surface area contributed by atoms with Gasteiger partial charge in [-0.2, -0.15) is 0 Å². The third-order valence-corrected chi connectivity index (χ3v) is 2.81. The summed E-state index contributed by atoms with van der Waals surface area (Å²) in [4.78, 5) is 4.03. The maximum Gasteiger partial charge on any atom is 0.236 e. The van der Waals surface area contributed by atoms with Gasteiger partial charge in [-0.1, -0.05) is 0 Å². The van der Waals surface area contributed by atoms with Crippen molar-refractivity contribution in [1.82, 2.24) is 8.96 Å². The highest BCUT2D eigenvalue weighted by molar-refractivity contribution is 7.89. The van der Waals surface area contributed by atoms with Gasteiger partial charge >= 0.3 is 0 Å². The monoisotopic (exact) mass is 196 g/mol. The Labute approximate surface area is 75.9 Å². The first kappa shape index (κ1) is 8.25. The standard InChI is InChI=1S/C8H8N2O2S/c1-13(11,12)10-6-4-7-8(10)3-2-5-9-7/h2-6H,1H3. The van der Waals surface area contributed by atoms with Gasteiger partial charge in [0.1, 0.15) is 0 Å². The molecular weight excluding hydrogens is 188 g/mol. The molecule has 0 spiro atoms. The number of hydrogen-bond acceptors (Lipinski definition) is 3. The lowest BCUT2D eigenvalue weighted by Gasteiger charge is -1.99. The Morgan fingerprint density at radius 2 is 2.15 bits per heavy atom. The molecule has 0 aromatic carbocycles. The quantitative estimate of drug-likeness (QED) is 0.679. The van der Waals surface area contributed by atoms with E-state index in [1.54, 1.807) is 24.4 Å². The van der Waals surface area contributed by atoms with Crippen molar-refractivity contribution in [3.8, 4) is 0 Å². The van der Waals surface area contributed by atoms with E-state index in [0.29, 0.717) is 11.0 Å². The van der Waals surface area contributed by atoms with Crippen molar-refractivity contribution in [3.05, 3.63) is 30.6 Å². The van der Waals surface area contributed by atoms with Crippen LogP contribution in [0, 0.1) is 0 Å². The van der Waals surface area contributed by atoms with Crippen molar-refractivity contribution in [2.24, 2.45) is 0 Å². The van der Waals surface area contributed by atoms with E-state index in [-0.39, 0.29) is 0 Å². The topological polar surface area (TPSA) is 52.0 Å². The summed E-state index contributed by atoms with van der Waals surface area (Å²) < 4.78 is 23.7. The first-order valence-electron chi connectivity index (χ1n) is 3.72. The Morgan fingerprint density at radius 3 is 2.85 bits per heavy atom. The zero-order valence-corrected chi connectivity index (χ0v) is 7.82. The van der Waals surface area contributed by atoms with E-state index in [2.05, 4.69) is 4.98 Å². The zero-order valence-electron chi connectivity index (χ0n) is 7.01. The zero-order chi connectivity index (χ0) is 9.47. The van der Waals surface area contributed by atoms with Gasteiger partial charge in [0, 0.05) is 12.4 Å². The lowest BCUT2D eigenvalue weighted by atomic mass is 10.4. The molecule has 0 aliphatic rings. The minimum absolute atomic E-state index is 0.616. The molecule has 13 heavy (non-hydrogen) atoms. The van der Waals surface area contributed by atoms with Crippen LogP contribution in [0.2, 0.25) is 0 Å². The first-order chi connectivity index (χ1) is 6.09. The second kappa shape index (κ2) is 2.56. The molecule has 2 heterocycles. The Kier molecular flexibility index (Phi) is 1.63. The molecule has 0 bridgehead atoms. The average molecular weight is 196 g/mol. The first-order valence-corrected chi connectivity index (χ1v) is 5.56. The molecule has 0 unspecified atom stereocenters. The van der Waals surface area contributed by atoms with Gasteiger partial charge < -0.3 is 0 Å². The van der Waals surface area contributed by atoms with Crippen LogP contribution in [0.15, 0.2) is 30.6 Å². The van der Waals surface area contributed by atoms with Gasteiger partial charge in [-0.25, -0.2) is 12.4 Å². The summed E-state index contributed by atoms with van der Waals surface area (Å²) in [6.45, 7) is 0. The van der Waals surface area contributed by atoms with Gasteiger partial charge in [0.2, 0.25) is 10.0 Å². The van der Waals surface area contributed by atoms with Crippen LogP contribution in [0.3, 0.4) is 0 Å². The average Bonchev–Trinajstić information content (AvgIpc) is 2.45. The van der Waals surface area contributed by atoms with E-state index in [1.807, 2.05) is 0 Å². The molecule has 0 aliphatic heterocycles. The van der Waals surface area contributed by atoms with Crippen LogP contribution in [-0.2, 0) is 10.0 Å². The lowest BCUT2D eigenvalue weighted by Crippen LogP contribution is -2.07. The van der Waals surface area contributed by atoms with Crippen LogP contribution in [0.1, 0.15) is 0 Å². The summed E-state index contributed by atoms with van der Waals surface area (Å²) in [5.74, 6) is 0. The fourth-order valence-corrected chi connectivity index (χ4v) is 2.03. The highest BCUT2D eigenvalue weighted by atomic mass is 32.2. The fraction of sp³-hybridized carbons (Fsp3) is 0.125. The number of rotatable bonds is 1. The van der Waals surface area contributed by atoms with Crippen molar-refractivity contribution >= 4 is 21.1 Å². The minimum atomic E-state index is -3.21. The molecule has 0 saturated heterocycles. The van der Waals surface area contributed by atoms with Crippen LogP contribution in [0.4, 0.5) is 0 Å². The second-order valence-electron chi connectivity index (χ2n) is 2.78. The Morgan fingerprint density at radius 1 is 1.38 bits per heavy atom. The summed E-state index contributed by atoms with van der Waals surface area (Å²) >= 11 is 0. The maximum atomic E-state index is 11.2. The summed E-state index contributed by atoms with van der Waals surface area (Å²) in [5, 5.41) is 0. The third kappa shape index (κ3) is 1.31. The van der Waals surface area contributed by atoms with Crippen LogP contribution in [-0.4, -0.2) is 23.6 Å². The van der Waals surface area contributed by atoms with Gasteiger partial charge in [0.15, 0.2) is 0 Å².